The van der Waals surface area contributed by atoms with Crippen molar-refractivity contribution in [2.24, 2.45) is 0 Å². The van der Waals surface area contributed by atoms with Crippen LogP contribution >= 0.6 is 0 Å². The monoisotopic (exact) mass is 202 g/mol. The lowest BCUT2D eigenvalue weighted by atomic mass is 9.98. The zero-order valence-corrected chi connectivity index (χ0v) is 9.49. The molecule has 0 N–H and O–H groups in total. The maximum Gasteiger partial charge on any atom is 0.122 e. The van der Waals surface area contributed by atoms with E-state index in [1.807, 2.05) is 12.1 Å². The van der Waals surface area contributed by atoms with Gasteiger partial charge in [0, 0.05) is 6.42 Å². The lowest BCUT2D eigenvalue weighted by molar-refractivity contribution is 0.322. The molecule has 0 saturated carbocycles. The molecule has 0 amide bonds. The summed E-state index contributed by atoms with van der Waals surface area (Å²) in [4.78, 5) is 0. The van der Waals surface area contributed by atoms with Crippen LogP contribution in [0.2, 0.25) is 0 Å². The van der Waals surface area contributed by atoms with E-state index in [-0.39, 0.29) is 0 Å². The van der Waals surface area contributed by atoms with Gasteiger partial charge in [-0.1, -0.05) is 32.0 Å². The quantitative estimate of drug-likeness (QED) is 0.523. The van der Waals surface area contributed by atoms with Gasteiger partial charge in [-0.05, 0) is 24.0 Å². The van der Waals surface area contributed by atoms with Crippen molar-refractivity contribution >= 4 is 0 Å². The third-order valence-corrected chi connectivity index (χ3v) is 2.57. The molecule has 0 aromatic heterocycles. The fourth-order valence-corrected chi connectivity index (χ4v) is 1.46. The number of rotatable bonds is 5. The topological polar surface area (TPSA) is 9.23 Å². The van der Waals surface area contributed by atoms with E-state index in [4.69, 9.17) is 11.2 Å². The molecule has 1 aromatic rings. The van der Waals surface area contributed by atoms with Gasteiger partial charge in [0.15, 0.2) is 0 Å². The molecule has 0 heterocycles. The molecule has 0 aliphatic carbocycles. The van der Waals surface area contributed by atoms with Crippen LogP contribution in [0, 0.1) is 12.3 Å². The van der Waals surface area contributed by atoms with Gasteiger partial charge < -0.3 is 4.74 Å². The van der Waals surface area contributed by atoms with Crippen molar-refractivity contribution < 1.29 is 4.74 Å². The highest BCUT2D eigenvalue weighted by atomic mass is 16.5. The number of hydrogen-bond acceptors (Lipinski definition) is 1. The van der Waals surface area contributed by atoms with E-state index in [0.29, 0.717) is 18.9 Å². The Morgan fingerprint density at radius 3 is 2.80 bits per heavy atom. The molecule has 0 saturated heterocycles. The molecule has 1 heteroatoms. The molecule has 0 aliphatic heterocycles. The first-order valence-electron chi connectivity index (χ1n) is 5.44. The summed E-state index contributed by atoms with van der Waals surface area (Å²) in [6.45, 7) is 5.00. The van der Waals surface area contributed by atoms with Crippen molar-refractivity contribution in [3.8, 4) is 18.1 Å². The lowest BCUT2D eigenvalue weighted by Gasteiger charge is -2.14. The van der Waals surface area contributed by atoms with Crippen LogP contribution in [0.15, 0.2) is 24.3 Å². The molecule has 1 aromatic carbocycles. The Kier molecular flexibility index (Phi) is 4.77. The fraction of sp³-hybridized carbons (Fsp3) is 0.429. The zero-order chi connectivity index (χ0) is 11.1. The Morgan fingerprint density at radius 2 is 2.13 bits per heavy atom. The van der Waals surface area contributed by atoms with Crippen LogP contribution in [-0.4, -0.2) is 6.61 Å². The van der Waals surface area contributed by atoms with Crippen LogP contribution in [0.25, 0.3) is 0 Å². The molecule has 1 nitrogen and oxygen atoms in total. The minimum atomic E-state index is 0.534. The lowest BCUT2D eigenvalue weighted by Crippen LogP contribution is -2.01. The van der Waals surface area contributed by atoms with Crippen LogP contribution < -0.4 is 4.74 Å². The van der Waals surface area contributed by atoms with Gasteiger partial charge in [-0.2, -0.15) is 0 Å². The molecule has 1 rings (SSSR count). The molecular formula is C14H18O. The van der Waals surface area contributed by atoms with E-state index in [9.17, 15) is 0 Å². The highest BCUT2D eigenvalue weighted by Gasteiger charge is 2.08. The minimum absolute atomic E-state index is 0.534. The summed E-state index contributed by atoms with van der Waals surface area (Å²) in [7, 11) is 0. The third-order valence-electron chi connectivity index (χ3n) is 2.57. The summed E-state index contributed by atoms with van der Waals surface area (Å²) >= 11 is 0. The summed E-state index contributed by atoms with van der Waals surface area (Å²) in [6.07, 6.45) is 6.97. The van der Waals surface area contributed by atoms with Crippen LogP contribution in [-0.2, 0) is 0 Å². The predicted molar refractivity (Wildman–Crippen MR) is 64.1 cm³/mol. The maximum atomic E-state index is 5.66. The van der Waals surface area contributed by atoms with Crippen LogP contribution in [0.3, 0.4) is 0 Å². The third kappa shape index (κ3) is 3.32. The Morgan fingerprint density at radius 1 is 1.40 bits per heavy atom. The van der Waals surface area contributed by atoms with Crippen LogP contribution in [0.4, 0.5) is 0 Å². The number of para-hydroxylation sites is 1. The molecule has 80 valence electrons. The average molecular weight is 202 g/mol. The van der Waals surface area contributed by atoms with E-state index >= 15 is 0 Å². The molecule has 0 fully saturated rings. The Balaban J connectivity index is 2.73. The summed E-state index contributed by atoms with van der Waals surface area (Å²) in [5, 5.41) is 0. The zero-order valence-electron chi connectivity index (χ0n) is 9.49. The standard InChI is InChI=1S/C14H18O/c1-4-6-11-15-14-10-8-7-9-13(14)12(3)5-2/h1,7-10,12H,5-6,11H2,2-3H3. The van der Waals surface area contributed by atoms with Crippen molar-refractivity contribution in [2.45, 2.75) is 32.6 Å². The van der Waals surface area contributed by atoms with Gasteiger partial charge in [0.2, 0.25) is 0 Å². The minimum Gasteiger partial charge on any atom is -0.492 e. The second-order valence-corrected chi connectivity index (χ2v) is 3.65. The van der Waals surface area contributed by atoms with Gasteiger partial charge in [-0.25, -0.2) is 0 Å². The number of ether oxygens (including phenoxy) is 1. The molecule has 0 spiro atoms. The summed E-state index contributed by atoms with van der Waals surface area (Å²) < 4.78 is 5.66. The largest absolute Gasteiger partial charge is 0.492 e. The first-order valence-corrected chi connectivity index (χ1v) is 5.44. The molecule has 15 heavy (non-hydrogen) atoms. The van der Waals surface area contributed by atoms with Gasteiger partial charge in [-0.15, -0.1) is 12.3 Å². The second-order valence-electron chi connectivity index (χ2n) is 3.65. The van der Waals surface area contributed by atoms with E-state index in [1.165, 1.54) is 5.56 Å². The van der Waals surface area contributed by atoms with E-state index in [1.54, 1.807) is 0 Å². The fourth-order valence-electron chi connectivity index (χ4n) is 1.46. The van der Waals surface area contributed by atoms with Gasteiger partial charge in [-0.3, -0.25) is 0 Å². The molecule has 1 unspecified atom stereocenters. The Bertz CT molecular complexity index is 335. The summed E-state index contributed by atoms with van der Waals surface area (Å²) in [5.74, 6) is 4.08. The van der Waals surface area contributed by atoms with Gasteiger partial charge >= 0.3 is 0 Å². The molecule has 0 aliphatic rings. The van der Waals surface area contributed by atoms with E-state index < -0.39 is 0 Å². The SMILES string of the molecule is C#CCCOc1ccccc1C(C)CC. The number of benzene rings is 1. The van der Waals surface area contributed by atoms with E-state index in [0.717, 1.165) is 12.2 Å². The highest BCUT2D eigenvalue weighted by molar-refractivity contribution is 5.35. The highest BCUT2D eigenvalue weighted by Crippen LogP contribution is 2.28. The van der Waals surface area contributed by atoms with Crippen LogP contribution in [0.1, 0.15) is 38.2 Å². The predicted octanol–water partition coefficient (Wildman–Crippen LogP) is 3.60. The molecule has 1 atom stereocenters. The Hall–Kier alpha value is -1.42. The Labute approximate surface area is 92.5 Å². The smallest absolute Gasteiger partial charge is 0.122 e. The first kappa shape index (κ1) is 11.7. The van der Waals surface area contributed by atoms with Crippen molar-refractivity contribution in [3.63, 3.8) is 0 Å². The molecule has 0 bridgehead atoms. The average Bonchev–Trinajstić information content (AvgIpc) is 2.29. The van der Waals surface area contributed by atoms with Crippen molar-refractivity contribution in [1.82, 2.24) is 0 Å². The van der Waals surface area contributed by atoms with Crippen LogP contribution in [0.5, 0.6) is 5.75 Å². The number of terminal acetylenes is 1. The van der Waals surface area contributed by atoms with Gasteiger partial charge in [0.05, 0.1) is 6.61 Å². The van der Waals surface area contributed by atoms with Gasteiger partial charge in [0.1, 0.15) is 5.75 Å². The van der Waals surface area contributed by atoms with Crippen molar-refractivity contribution in [3.05, 3.63) is 29.8 Å². The van der Waals surface area contributed by atoms with Gasteiger partial charge in [0.25, 0.3) is 0 Å². The number of hydrogen-bond donors (Lipinski definition) is 0. The van der Waals surface area contributed by atoms with E-state index in [2.05, 4.69) is 31.9 Å². The first-order chi connectivity index (χ1) is 7.29. The summed E-state index contributed by atoms with van der Waals surface area (Å²) in [5.41, 5.74) is 1.28. The molecule has 0 radical (unpaired) electrons. The summed E-state index contributed by atoms with van der Waals surface area (Å²) in [6, 6.07) is 8.18. The van der Waals surface area contributed by atoms with Crippen molar-refractivity contribution in [2.75, 3.05) is 6.61 Å². The normalized spacial score (nSPS) is 11.8. The van der Waals surface area contributed by atoms with Crippen molar-refractivity contribution in [1.29, 1.82) is 0 Å². The molecular weight excluding hydrogens is 184 g/mol. The maximum absolute atomic E-state index is 5.66. The second kappa shape index (κ2) is 6.14.